The minimum absolute atomic E-state index is 0.0277. The molecule has 0 amide bonds. The molecule has 0 radical (unpaired) electrons. The Morgan fingerprint density at radius 1 is 1.59 bits per heavy atom. The number of nitro groups is 1. The summed E-state index contributed by atoms with van der Waals surface area (Å²) in [6.07, 6.45) is -4.96. The van der Waals surface area contributed by atoms with E-state index >= 15 is 0 Å². The van der Waals surface area contributed by atoms with Gasteiger partial charge in [-0.2, -0.15) is 0 Å². The average Bonchev–Trinajstić information content (AvgIpc) is 2.17. The molecule has 0 atom stereocenters. The lowest BCUT2D eigenvalue weighted by molar-refractivity contribution is -0.385. The molecular weight excluding hydrogens is 265 g/mol. The van der Waals surface area contributed by atoms with E-state index in [9.17, 15) is 23.3 Å². The van der Waals surface area contributed by atoms with Gasteiger partial charge in [0.1, 0.15) is 0 Å². The fourth-order valence-corrected chi connectivity index (χ4v) is 1.37. The lowest BCUT2D eigenvalue weighted by Crippen LogP contribution is -2.18. The van der Waals surface area contributed by atoms with Gasteiger partial charge < -0.3 is 4.74 Å². The van der Waals surface area contributed by atoms with Crippen LogP contribution in [0.15, 0.2) is 6.07 Å². The predicted octanol–water partition coefficient (Wildman–Crippen LogP) is 2.94. The SMILES string of the molecule is Cc1c([N+](=O)[O-])cc(OC(F)(F)F)nc1CCl. The molecule has 94 valence electrons. The lowest BCUT2D eigenvalue weighted by atomic mass is 10.2. The van der Waals surface area contributed by atoms with Crippen LogP contribution >= 0.6 is 11.6 Å². The second-order valence-corrected chi connectivity index (χ2v) is 3.26. The smallest absolute Gasteiger partial charge is 0.388 e. The third-order valence-electron chi connectivity index (χ3n) is 1.87. The van der Waals surface area contributed by atoms with Crippen LogP contribution in [0.1, 0.15) is 11.3 Å². The fraction of sp³-hybridized carbons (Fsp3) is 0.375. The van der Waals surface area contributed by atoms with Gasteiger partial charge in [0, 0.05) is 5.56 Å². The summed E-state index contributed by atoms with van der Waals surface area (Å²) in [7, 11) is 0. The van der Waals surface area contributed by atoms with Crippen LogP contribution in [0.5, 0.6) is 5.88 Å². The monoisotopic (exact) mass is 270 g/mol. The average molecular weight is 271 g/mol. The van der Waals surface area contributed by atoms with Gasteiger partial charge in [-0.1, -0.05) is 0 Å². The zero-order valence-electron chi connectivity index (χ0n) is 8.42. The molecule has 0 aromatic carbocycles. The number of halogens is 4. The minimum atomic E-state index is -4.96. The predicted molar refractivity (Wildman–Crippen MR) is 51.9 cm³/mol. The highest BCUT2D eigenvalue weighted by Gasteiger charge is 2.33. The van der Waals surface area contributed by atoms with E-state index in [0.29, 0.717) is 6.07 Å². The summed E-state index contributed by atoms with van der Waals surface area (Å²) in [4.78, 5) is 13.2. The van der Waals surface area contributed by atoms with Gasteiger partial charge in [0.05, 0.1) is 22.6 Å². The summed E-state index contributed by atoms with van der Waals surface area (Å²) < 4.78 is 39.4. The molecule has 0 saturated heterocycles. The van der Waals surface area contributed by atoms with Gasteiger partial charge in [0.25, 0.3) is 5.69 Å². The molecule has 17 heavy (non-hydrogen) atoms. The molecule has 1 aromatic rings. The van der Waals surface area contributed by atoms with Crippen molar-refractivity contribution in [2.24, 2.45) is 0 Å². The Balaban J connectivity index is 3.25. The van der Waals surface area contributed by atoms with Crippen molar-refractivity contribution in [2.75, 3.05) is 0 Å². The highest BCUT2D eigenvalue weighted by atomic mass is 35.5. The lowest BCUT2D eigenvalue weighted by Gasteiger charge is -2.10. The number of aromatic nitrogens is 1. The highest BCUT2D eigenvalue weighted by molar-refractivity contribution is 6.17. The van der Waals surface area contributed by atoms with Crippen molar-refractivity contribution in [2.45, 2.75) is 19.2 Å². The van der Waals surface area contributed by atoms with E-state index in [1.807, 2.05) is 0 Å². The van der Waals surface area contributed by atoms with Crippen molar-refractivity contribution >= 4 is 17.3 Å². The van der Waals surface area contributed by atoms with Crippen LogP contribution in [-0.4, -0.2) is 16.3 Å². The molecule has 0 unspecified atom stereocenters. The number of nitrogens with zero attached hydrogens (tertiary/aromatic N) is 2. The summed E-state index contributed by atoms with van der Waals surface area (Å²) in [5.74, 6) is -1.15. The van der Waals surface area contributed by atoms with Crippen molar-refractivity contribution in [1.82, 2.24) is 4.98 Å². The van der Waals surface area contributed by atoms with E-state index in [-0.39, 0.29) is 17.1 Å². The molecule has 0 fully saturated rings. The summed E-state index contributed by atoms with van der Waals surface area (Å²) in [5.41, 5.74) is -0.436. The van der Waals surface area contributed by atoms with Crippen molar-refractivity contribution in [1.29, 1.82) is 0 Å². The van der Waals surface area contributed by atoms with Gasteiger partial charge in [-0.15, -0.1) is 24.8 Å². The molecule has 1 rings (SSSR count). The van der Waals surface area contributed by atoms with E-state index in [1.165, 1.54) is 6.92 Å². The number of rotatable bonds is 3. The zero-order chi connectivity index (χ0) is 13.2. The van der Waals surface area contributed by atoms with E-state index < -0.39 is 22.9 Å². The number of ether oxygens (including phenoxy) is 1. The maximum Gasteiger partial charge on any atom is 0.574 e. The number of pyridine rings is 1. The molecule has 5 nitrogen and oxygen atoms in total. The van der Waals surface area contributed by atoms with E-state index in [2.05, 4.69) is 9.72 Å². The molecule has 0 spiro atoms. The van der Waals surface area contributed by atoms with Crippen LogP contribution in [0.25, 0.3) is 0 Å². The van der Waals surface area contributed by atoms with Crippen LogP contribution in [0, 0.1) is 17.0 Å². The number of hydrogen-bond donors (Lipinski definition) is 0. The quantitative estimate of drug-likeness (QED) is 0.481. The molecule has 0 aliphatic rings. The second kappa shape index (κ2) is 4.74. The summed E-state index contributed by atoms with van der Waals surface area (Å²) in [6.45, 7) is 1.35. The number of alkyl halides is 4. The molecular formula is C8H6ClF3N2O3. The van der Waals surface area contributed by atoms with Crippen molar-refractivity contribution in [3.8, 4) is 5.88 Å². The Morgan fingerprint density at radius 2 is 2.18 bits per heavy atom. The molecule has 0 aliphatic heterocycles. The largest absolute Gasteiger partial charge is 0.574 e. The molecule has 0 aliphatic carbocycles. The van der Waals surface area contributed by atoms with Gasteiger partial charge in [0.15, 0.2) is 0 Å². The van der Waals surface area contributed by atoms with Crippen LogP contribution in [-0.2, 0) is 5.88 Å². The molecule has 1 aromatic heterocycles. The Hall–Kier alpha value is -1.57. The van der Waals surface area contributed by atoms with Gasteiger partial charge in [-0.3, -0.25) is 10.1 Å². The second-order valence-electron chi connectivity index (χ2n) is 2.99. The van der Waals surface area contributed by atoms with Crippen molar-refractivity contribution in [3.05, 3.63) is 27.4 Å². The molecule has 9 heteroatoms. The van der Waals surface area contributed by atoms with Crippen LogP contribution in [0.3, 0.4) is 0 Å². The molecule has 0 saturated carbocycles. The fourth-order valence-electron chi connectivity index (χ4n) is 1.11. The first-order valence-corrected chi connectivity index (χ1v) is 4.74. The van der Waals surface area contributed by atoms with Gasteiger partial charge in [-0.05, 0) is 6.92 Å². The first kappa shape index (κ1) is 13.5. The first-order valence-electron chi connectivity index (χ1n) is 4.21. The summed E-state index contributed by atoms with van der Waals surface area (Å²) >= 11 is 5.43. The maximum absolute atomic E-state index is 11.9. The molecule has 1 heterocycles. The van der Waals surface area contributed by atoms with Crippen LogP contribution in [0.2, 0.25) is 0 Å². The van der Waals surface area contributed by atoms with Gasteiger partial charge >= 0.3 is 6.36 Å². The molecule has 0 bridgehead atoms. The van der Waals surface area contributed by atoms with Gasteiger partial charge in [-0.25, -0.2) is 4.98 Å². The van der Waals surface area contributed by atoms with Gasteiger partial charge in [0.2, 0.25) is 5.88 Å². The van der Waals surface area contributed by atoms with Crippen molar-refractivity contribution in [3.63, 3.8) is 0 Å². The third-order valence-corrected chi connectivity index (χ3v) is 2.12. The number of hydrogen-bond acceptors (Lipinski definition) is 4. The maximum atomic E-state index is 11.9. The van der Waals surface area contributed by atoms with Crippen LogP contribution in [0.4, 0.5) is 18.9 Å². The van der Waals surface area contributed by atoms with Crippen LogP contribution < -0.4 is 4.74 Å². The minimum Gasteiger partial charge on any atom is -0.388 e. The Kier molecular flexibility index (Phi) is 3.76. The standard InChI is InChI=1S/C8H6ClF3N2O3/c1-4-5(3-9)13-7(17-8(10,11)12)2-6(4)14(15)16/h2H,3H2,1H3. The Labute approximate surface area is 98.3 Å². The first-order chi connectivity index (χ1) is 7.74. The highest BCUT2D eigenvalue weighted by Crippen LogP contribution is 2.29. The topological polar surface area (TPSA) is 65.3 Å². The Morgan fingerprint density at radius 3 is 2.59 bits per heavy atom. The Bertz CT molecular complexity index is 450. The van der Waals surface area contributed by atoms with E-state index in [1.54, 1.807) is 0 Å². The summed E-state index contributed by atoms with van der Waals surface area (Å²) in [5, 5.41) is 10.6. The van der Waals surface area contributed by atoms with E-state index in [4.69, 9.17) is 11.6 Å². The third kappa shape index (κ3) is 3.45. The molecule has 0 N–H and O–H groups in total. The summed E-state index contributed by atoms with van der Waals surface area (Å²) in [6, 6.07) is 0.610. The zero-order valence-corrected chi connectivity index (χ0v) is 9.17. The van der Waals surface area contributed by atoms with Crippen molar-refractivity contribution < 1.29 is 22.8 Å². The van der Waals surface area contributed by atoms with E-state index in [0.717, 1.165) is 0 Å². The normalized spacial score (nSPS) is 11.4.